The van der Waals surface area contributed by atoms with E-state index in [1.807, 2.05) is 31.2 Å². The lowest BCUT2D eigenvalue weighted by molar-refractivity contribution is -0.138. The highest BCUT2D eigenvalue weighted by Gasteiger charge is 2.34. The number of nitrogens with zero attached hydrogens (tertiary/aromatic N) is 1. The van der Waals surface area contributed by atoms with Gasteiger partial charge >= 0.3 is 6.18 Å². The van der Waals surface area contributed by atoms with Gasteiger partial charge in [0.1, 0.15) is 12.4 Å². The zero-order chi connectivity index (χ0) is 23.3. The highest BCUT2D eigenvalue weighted by molar-refractivity contribution is 6.17. The van der Waals surface area contributed by atoms with Crippen molar-refractivity contribution in [2.45, 2.75) is 26.4 Å². The number of fused-ring (bicyclic) bond motifs is 1. The van der Waals surface area contributed by atoms with E-state index < -0.39 is 17.6 Å². The minimum atomic E-state index is -4.51. The zero-order valence-corrected chi connectivity index (χ0v) is 17.8. The second-order valence-corrected chi connectivity index (χ2v) is 7.33. The van der Waals surface area contributed by atoms with Crippen molar-refractivity contribution in [3.05, 3.63) is 89.5 Å². The summed E-state index contributed by atoms with van der Waals surface area (Å²) < 4.78 is 45.5. The number of hydrogen-bond acceptors (Lipinski definition) is 3. The van der Waals surface area contributed by atoms with Crippen molar-refractivity contribution in [3.8, 4) is 5.75 Å². The summed E-state index contributed by atoms with van der Waals surface area (Å²) in [6.07, 6.45) is 2.92. The van der Waals surface area contributed by atoms with E-state index in [4.69, 9.17) is 4.74 Å². The minimum absolute atomic E-state index is 0.0390. The van der Waals surface area contributed by atoms with Gasteiger partial charge in [-0.3, -0.25) is 9.79 Å². The van der Waals surface area contributed by atoms with Crippen LogP contribution in [0.1, 0.15) is 30.0 Å². The Morgan fingerprint density at radius 3 is 2.75 bits per heavy atom. The van der Waals surface area contributed by atoms with Gasteiger partial charge in [-0.05, 0) is 49.2 Å². The number of carbonyl (C=O) groups excluding carboxylic acids is 1. The summed E-state index contributed by atoms with van der Waals surface area (Å²) in [6.45, 7) is 7.51. The van der Waals surface area contributed by atoms with Crippen LogP contribution in [0, 0.1) is 6.92 Å². The van der Waals surface area contributed by atoms with Crippen LogP contribution in [0.25, 0.3) is 0 Å². The topological polar surface area (TPSA) is 50.7 Å². The Bertz CT molecular complexity index is 1130. The first-order valence-corrected chi connectivity index (χ1v) is 9.97. The maximum Gasteiger partial charge on any atom is 0.416 e. The van der Waals surface area contributed by atoms with Gasteiger partial charge in [0.25, 0.3) is 0 Å². The third-order valence-corrected chi connectivity index (χ3v) is 4.73. The van der Waals surface area contributed by atoms with Crippen molar-refractivity contribution in [2.75, 3.05) is 11.9 Å². The average Bonchev–Trinajstić information content (AvgIpc) is 2.89. The molecule has 0 spiro atoms. The maximum absolute atomic E-state index is 13.2. The molecule has 1 aliphatic heterocycles. The van der Waals surface area contributed by atoms with Gasteiger partial charge in [-0.1, -0.05) is 43.0 Å². The van der Waals surface area contributed by atoms with Gasteiger partial charge in [-0.2, -0.15) is 13.2 Å². The van der Waals surface area contributed by atoms with Crippen molar-refractivity contribution in [1.29, 1.82) is 0 Å². The SMILES string of the molecule is C=C(/C=C\C=C/C)COc1cccc(C2=Nc3cc(C)c(C(F)(F)F)cc3NC(=O)C2)c1. The van der Waals surface area contributed by atoms with E-state index in [9.17, 15) is 18.0 Å². The van der Waals surface area contributed by atoms with Crippen LogP contribution in [-0.2, 0) is 11.0 Å². The van der Waals surface area contributed by atoms with E-state index in [-0.39, 0.29) is 30.0 Å². The van der Waals surface area contributed by atoms with Crippen LogP contribution in [0.5, 0.6) is 5.75 Å². The van der Waals surface area contributed by atoms with E-state index >= 15 is 0 Å². The number of allylic oxidation sites excluding steroid dienone is 3. The number of benzene rings is 2. The molecule has 32 heavy (non-hydrogen) atoms. The molecule has 166 valence electrons. The van der Waals surface area contributed by atoms with Crippen molar-refractivity contribution < 1.29 is 22.7 Å². The number of anilines is 1. The molecule has 1 amide bonds. The van der Waals surface area contributed by atoms with Crippen LogP contribution >= 0.6 is 0 Å². The number of amides is 1. The molecule has 2 aromatic carbocycles. The number of rotatable bonds is 6. The lowest BCUT2D eigenvalue weighted by atomic mass is 10.1. The molecule has 0 radical (unpaired) electrons. The molecule has 0 fully saturated rings. The van der Waals surface area contributed by atoms with E-state index in [0.717, 1.165) is 11.6 Å². The first-order valence-electron chi connectivity index (χ1n) is 9.97. The molecule has 4 nitrogen and oxygen atoms in total. The van der Waals surface area contributed by atoms with Crippen LogP contribution in [0.4, 0.5) is 24.5 Å². The smallest absolute Gasteiger partial charge is 0.416 e. The molecule has 0 atom stereocenters. The van der Waals surface area contributed by atoms with Gasteiger partial charge in [-0.25, -0.2) is 0 Å². The number of nitrogens with one attached hydrogen (secondary N) is 1. The fourth-order valence-electron chi connectivity index (χ4n) is 3.18. The Morgan fingerprint density at radius 2 is 2.03 bits per heavy atom. The summed E-state index contributed by atoms with van der Waals surface area (Å²) >= 11 is 0. The number of carbonyl (C=O) groups is 1. The molecule has 1 N–H and O–H groups in total. The van der Waals surface area contributed by atoms with E-state index in [0.29, 0.717) is 17.0 Å². The summed E-state index contributed by atoms with van der Waals surface area (Å²) in [5.41, 5.74) is 1.44. The van der Waals surface area contributed by atoms with E-state index in [1.54, 1.807) is 24.3 Å². The molecule has 0 saturated carbocycles. The fraction of sp³-hybridized carbons (Fsp3) is 0.200. The van der Waals surface area contributed by atoms with Crippen LogP contribution in [0.3, 0.4) is 0 Å². The third kappa shape index (κ3) is 5.75. The van der Waals surface area contributed by atoms with Crippen LogP contribution in [-0.4, -0.2) is 18.2 Å². The standard InChI is InChI=1S/C25H23F3N2O2/c1-4-5-6-8-16(2)15-32-19-10-7-9-18(12-19)21-14-24(31)30-23-13-20(25(26,27)28)17(3)11-22(23)29-21/h4-13H,2,14-15H2,1,3H3,(H,30,31)/b5-4-,8-6-. The first kappa shape index (κ1) is 23.1. The average molecular weight is 440 g/mol. The van der Waals surface area contributed by atoms with Gasteiger partial charge in [0.15, 0.2) is 0 Å². The Kier molecular flexibility index (Phi) is 6.98. The molecule has 3 rings (SSSR count). The second kappa shape index (κ2) is 9.68. The van der Waals surface area contributed by atoms with Gasteiger partial charge < -0.3 is 10.1 Å². The lowest BCUT2D eigenvalue weighted by Crippen LogP contribution is -2.15. The summed E-state index contributed by atoms with van der Waals surface area (Å²) in [5.74, 6) is 0.132. The third-order valence-electron chi connectivity index (χ3n) is 4.73. The molecule has 0 aromatic heterocycles. The van der Waals surface area contributed by atoms with Gasteiger partial charge in [0.2, 0.25) is 5.91 Å². The van der Waals surface area contributed by atoms with Gasteiger partial charge in [0, 0.05) is 5.56 Å². The summed E-state index contributed by atoms with van der Waals surface area (Å²) in [7, 11) is 0. The lowest BCUT2D eigenvalue weighted by Gasteiger charge is -2.13. The Labute approximate surface area is 184 Å². The zero-order valence-electron chi connectivity index (χ0n) is 17.8. The minimum Gasteiger partial charge on any atom is -0.489 e. The van der Waals surface area contributed by atoms with Crippen molar-refractivity contribution in [1.82, 2.24) is 0 Å². The molecule has 0 aliphatic carbocycles. The summed E-state index contributed by atoms with van der Waals surface area (Å²) in [4.78, 5) is 16.9. The number of hydrogen-bond donors (Lipinski definition) is 1. The molecule has 1 aliphatic rings. The Balaban J connectivity index is 1.88. The molecular formula is C25H23F3N2O2. The van der Waals surface area contributed by atoms with E-state index in [1.165, 1.54) is 13.0 Å². The van der Waals surface area contributed by atoms with Gasteiger partial charge in [-0.15, -0.1) is 0 Å². The molecule has 0 saturated heterocycles. The molecular weight excluding hydrogens is 417 g/mol. The molecule has 2 aromatic rings. The predicted octanol–water partition coefficient (Wildman–Crippen LogP) is 6.54. The number of halogens is 3. The number of ether oxygens (including phenoxy) is 1. The van der Waals surface area contributed by atoms with Crippen LogP contribution in [0.15, 0.2) is 77.8 Å². The highest BCUT2D eigenvalue weighted by atomic mass is 19.4. The largest absolute Gasteiger partial charge is 0.489 e. The van der Waals surface area contributed by atoms with Gasteiger partial charge in [0.05, 0.1) is 29.1 Å². The van der Waals surface area contributed by atoms with Crippen LogP contribution < -0.4 is 10.1 Å². The number of alkyl halides is 3. The number of aryl methyl sites for hydroxylation is 1. The van der Waals surface area contributed by atoms with E-state index in [2.05, 4.69) is 16.9 Å². The first-order chi connectivity index (χ1) is 15.2. The predicted molar refractivity (Wildman–Crippen MR) is 121 cm³/mol. The highest BCUT2D eigenvalue weighted by Crippen LogP contribution is 2.39. The molecule has 0 unspecified atom stereocenters. The summed E-state index contributed by atoms with van der Waals surface area (Å²) in [6, 6.07) is 9.34. The second-order valence-electron chi connectivity index (χ2n) is 7.33. The quantitative estimate of drug-likeness (QED) is 0.518. The Hall–Kier alpha value is -3.61. The maximum atomic E-state index is 13.2. The fourth-order valence-corrected chi connectivity index (χ4v) is 3.18. The monoisotopic (exact) mass is 440 g/mol. The molecule has 7 heteroatoms. The van der Waals surface area contributed by atoms with Crippen molar-refractivity contribution in [3.63, 3.8) is 0 Å². The normalized spacial score (nSPS) is 14.2. The Morgan fingerprint density at radius 1 is 1.25 bits per heavy atom. The summed E-state index contributed by atoms with van der Waals surface area (Å²) in [5, 5.41) is 2.53. The van der Waals surface area contributed by atoms with Crippen molar-refractivity contribution in [2.24, 2.45) is 4.99 Å². The van der Waals surface area contributed by atoms with Crippen molar-refractivity contribution >= 4 is 23.0 Å². The number of aliphatic imine (C=N–C) groups is 1. The molecule has 0 bridgehead atoms. The van der Waals surface area contributed by atoms with Crippen LogP contribution in [0.2, 0.25) is 0 Å². The molecule has 1 heterocycles.